The van der Waals surface area contributed by atoms with Gasteiger partial charge in [-0.3, -0.25) is 9.59 Å². The fraction of sp³-hybridized carbons (Fsp3) is 0.500. The van der Waals surface area contributed by atoms with Crippen LogP contribution < -0.4 is 10.1 Å². The van der Waals surface area contributed by atoms with Gasteiger partial charge in [-0.05, 0) is 55.9 Å². The molecule has 0 aromatic heterocycles. The SMILES string of the molecule is C=C1CCC(N2Cc3cc(O[C@@H]4CCC[C@H]4OC)ccc3C2=O)C(=O)N1. The molecule has 3 aliphatic rings. The van der Waals surface area contributed by atoms with Gasteiger partial charge >= 0.3 is 0 Å². The van der Waals surface area contributed by atoms with Crippen molar-refractivity contribution in [2.75, 3.05) is 7.11 Å². The van der Waals surface area contributed by atoms with Gasteiger partial charge in [-0.1, -0.05) is 6.58 Å². The van der Waals surface area contributed by atoms with Gasteiger partial charge in [-0.2, -0.15) is 0 Å². The largest absolute Gasteiger partial charge is 0.488 e. The van der Waals surface area contributed by atoms with Gasteiger partial charge < -0.3 is 19.7 Å². The maximum atomic E-state index is 12.7. The summed E-state index contributed by atoms with van der Waals surface area (Å²) in [7, 11) is 1.72. The molecule has 138 valence electrons. The number of nitrogens with zero attached hydrogens (tertiary/aromatic N) is 1. The number of rotatable bonds is 4. The Morgan fingerprint density at radius 3 is 2.77 bits per heavy atom. The van der Waals surface area contributed by atoms with Crippen molar-refractivity contribution in [2.24, 2.45) is 0 Å². The number of amides is 2. The Bertz CT molecular complexity index is 760. The Kier molecular flexibility index (Phi) is 4.44. The van der Waals surface area contributed by atoms with E-state index in [-0.39, 0.29) is 24.0 Å². The maximum Gasteiger partial charge on any atom is 0.255 e. The van der Waals surface area contributed by atoms with E-state index in [4.69, 9.17) is 9.47 Å². The molecule has 0 spiro atoms. The first kappa shape index (κ1) is 17.1. The molecule has 1 saturated carbocycles. The van der Waals surface area contributed by atoms with E-state index in [2.05, 4.69) is 11.9 Å². The average Bonchev–Trinajstić information content (AvgIpc) is 3.19. The summed E-state index contributed by atoms with van der Waals surface area (Å²) in [6.45, 7) is 4.23. The Morgan fingerprint density at radius 1 is 1.19 bits per heavy atom. The van der Waals surface area contributed by atoms with Crippen LogP contribution in [0.3, 0.4) is 0 Å². The summed E-state index contributed by atoms with van der Waals surface area (Å²) in [6, 6.07) is 5.15. The minimum Gasteiger partial charge on any atom is -0.488 e. The van der Waals surface area contributed by atoms with Crippen molar-refractivity contribution in [3.05, 3.63) is 41.6 Å². The van der Waals surface area contributed by atoms with E-state index in [9.17, 15) is 9.59 Å². The molecule has 1 saturated heterocycles. The molecule has 2 fully saturated rings. The molecule has 1 N–H and O–H groups in total. The highest BCUT2D eigenvalue weighted by Crippen LogP contribution is 2.32. The van der Waals surface area contributed by atoms with Crippen LogP contribution >= 0.6 is 0 Å². The van der Waals surface area contributed by atoms with Crippen LogP contribution in [0.5, 0.6) is 5.75 Å². The molecule has 0 bridgehead atoms. The van der Waals surface area contributed by atoms with Gasteiger partial charge in [0.15, 0.2) is 0 Å². The van der Waals surface area contributed by atoms with Crippen LogP contribution in [0.25, 0.3) is 0 Å². The van der Waals surface area contributed by atoms with Crippen molar-refractivity contribution >= 4 is 11.8 Å². The lowest BCUT2D eigenvalue weighted by atomic mass is 10.0. The van der Waals surface area contributed by atoms with Gasteiger partial charge in [-0.25, -0.2) is 0 Å². The highest BCUT2D eigenvalue weighted by atomic mass is 16.5. The summed E-state index contributed by atoms with van der Waals surface area (Å²) in [5.41, 5.74) is 2.29. The van der Waals surface area contributed by atoms with Crippen LogP contribution in [-0.4, -0.2) is 42.1 Å². The van der Waals surface area contributed by atoms with Crippen LogP contribution in [-0.2, 0) is 16.1 Å². The zero-order valence-electron chi connectivity index (χ0n) is 15.0. The number of carbonyl (C=O) groups is 2. The van der Waals surface area contributed by atoms with E-state index < -0.39 is 6.04 Å². The van der Waals surface area contributed by atoms with Crippen molar-refractivity contribution < 1.29 is 19.1 Å². The standard InChI is InChI=1S/C20H24N2O4/c1-12-6-9-16(19(23)21-12)22-11-13-10-14(7-8-15(13)20(22)24)26-18-5-3-4-17(18)25-2/h7-8,10,16-18H,1,3-6,9,11H2,2H3,(H,21,23)/t16?,17-,18-/m1/s1. The monoisotopic (exact) mass is 356 g/mol. The third-order valence-corrected chi connectivity index (χ3v) is 5.59. The van der Waals surface area contributed by atoms with Gasteiger partial charge in [0.05, 0.1) is 6.10 Å². The van der Waals surface area contributed by atoms with Crippen molar-refractivity contribution in [2.45, 2.75) is 56.9 Å². The first-order valence-corrected chi connectivity index (χ1v) is 9.19. The van der Waals surface area contributed by atoms with Gasteiger partial charge in [0.2, 0.25) is 5.91 Å². The number of hydrogen-bond donors (Lipinski definition) is 1. The number of ether oxygens (including phenoxy) is 2. The minimum atomic E-state index is -0.433. The predicted octanol–water partition coefficient (Wildman–Crippen LogP) is 2.38. The summed E-state index contributed by atoms with van der Waals surface area (Å²) in [5, 5.41) is 2.76. The van der Waals surface area contributed by atoms with Crippen molar-refractivity contribution in [3.8, 4) is 5.75 Å². The van der Waals surface area contributed by atoms with Crippen LogP contribution in [0.2, 0.25) is 0 Å². The molecule has 2 amide bonds. The number of nitrogens with one attached hydrogen (secondary N) is 1. The molecular weight excluding hydrogens is 332 g/mol. The number of fused-ring (bicyclic) bond motifs is 1. The summed E-state index contributed by atoms with van der Waals surface area (Å²) in [6.07, 6.45) is 4.59. The first-order valence-electron chi connectivity index (χ1n) is 9.19. The molecule has 2 heterocycles. The van der Waals surface area contributed by atoms with Gasteiger partial charge in [-0.15, -0.1) is 0 Å². The third kappa shape index (κ3) is 2.98. The Morgan fingerprint density at radius 2 is 2.00 bits per heavy atom. The molecular formula is C20H24N2O4. The van der Waals surface area contributed by atoms with E-state index in [1.807, 2.05) is 18.2 Å². The Hall–Kier alpha value is -2.34. The van der Waals surface area contributed by atoms with E-state index in [1.165, 1.54) is 0 Å². The Labute approximate surface area is 153 Å². The molecule has 6 nitrogen and oxygen atoms in total. The maximum absolute atomic E-state index is 12.7. The lowest BCUT2D eigenvalue weighted by molar-refractivity contribution is -0.126. The van der Waals surface area contributed by atoms with Crippen LogP contribution in [0, 0.1) is 0 Å². The molecule has 6 heteroatoms. The molecule has 3 atom stereocenters. The summed E-state index contributed by atoms with van der Waals surface area (Å²) in [4.78, 5) is 26.6. The zero-order valence-corrected chi connectivity index (χ0v) is 15.0. The molecule has 1 unspecified atom stereocenters. The number of carbonyl (C=O) groups excluding carboxylic acids is 2. The number of methoxy groups -OCH3 is 1. The second-order valence-corrected chi connectivity index (χ2v) is 7.26. The normalized spacial score (nSPS) is 28.3. The first-order chi connectivity index (χ1) is 12.6. The molecule has 2 aliphatic heterocycles. The van der Waals surface area contributed by atoms with E-state index in [1.54, 1.807) is 12.0 Å². The topological polar surface area (TPSA) is 67.9 Å². The van der Waals surface area contributed by atoms with Gasteiger partial charge in [0, 0.05) is 24.9 Å². The highest BCUT2D eigenvalue weighted by molar-refractivity contribution is 6.01. The molecule has 26 heavy (non-hydrogen) atoms. The molecule has 1 aromatic rings. The lowest BCUT2D eigenvalue weighted by Crippen LogP contribution is -2.49. The fourth-order valence-electron chi connectivity index (χ4n) is 4.18. The van der Waals surface area contributed by atoms with Crippen LogP contribution in [0.1, 0.15) is 48.0 Å². The van der Waals surface area contributed by atoms with Crippen molar-refractivity contribution in [3.63, 3.8) is 0 Å². The summed E-state index contributed by atoms with van der Waals surface area (Å²) in [5.74, 6) is 0.524. The molecule has 1 aliphatic carbocycles. The summed E-state index contributed by atoms with van der Waals surface area (Å²) >= 11 is 0. The highest BCUT2D eigenvalue weighted by Gasteiger charge is 2.38. The second-order valence-electron chi connectivity index (χ2n) is 7.26. The molecule has 0 radical (unpaired) electrons. The zero-order chi connectivity index (χ0) is 18.3. The molecule has 1 aromatic carbocycles. The minimum absolute atomic E-state index is 0.0568. The van der Waals surface area contributed by atoms with E-state index >= 15 is 0 Å². The van der Waals surface area contributed by atoms with Crippen molar-refractivity contribution in [1.29, 1.82) is 0 Å². The fourth-order valence-corrected chi connectivity index (χ4v) is 4.18. The smallest absolute Gasteiger partial charge is 0.255 e. The number of benzene rings is 1. The number of hydrogen-bond acceptors (Lipinski definition) is 4. The van der Waals surface area contributed by atoms with E-state index in [0.717, 1.165) is 36.3 Å². The van der Waals surface area contributed by atoms with Crippen molar-refractivity contribution in [1.82, 2.24) is 10.2 Å². The van der Waals surface area contributed by atoms with E-state index in [0.29, 0.717) is 24.9 Å². The molecule has 4 rings (SSSR count). The predicted molar refractivity (Wildman–Crippen MR) is 95.7 cm³/mol. The number of allylic oxidation sites excluding steroid dienone is 1. The van der Waals surface area contributed by atoms with Gasteiger partial charge in [0.25, 0.3) is 5.91 Å². The lowest BCUT2D eigenvalue weighted by Gasteiger charge is -2.30. The quantitative estimate of drug-likeness (QED) is 0.899. The van der Waals surface area contributed by atoms with Crippen LogP contribution in [0.4, 0.5) is 0 Å². The average molecular weight is 356 g/mol. The summed E-state index contributed by atoms with van der Waals surface area (Å²) < 4.78 is 11.6. The third-order valence-electron chi connectivity index (χ3n) is 5.59. The van der Waals surface area contributed by atoms with Crippen LogP contribution in [0.15, 0.2) is 30.5 Å². The number of piperidine rings is 1. The Balaban J connectivity index is 1.50. The second kappa shape index (κ2) is 6.76. The van der Waals surface area contributed by atoms with Gasteiger partial charge in [0.1, 0.15) is 17.9 Å².